The van der Waals surface area contributed by atoms with Crippen LogP contribution >= 0.6 is 0 Å². The van der Waals surface area contributed by atoms with Crippen LogP contribution in [0.25, 0.3) is 0 Å². The fourth-order valence-electron chi connectivity index (χ4n) is 3.77. The zero-order valence-electron chi connectivity index (χ0n) is 13.2. The van der Waals surface area contributed by atoms with Crippen molar-refractivity contribution in [3.8, 4) is 0 Å². The highest BCUT2D eigenvalue weighted by Gasteiger charge is 2.33. The van der Waals surface area contributed by atoms with Gasteiger partial charge in [0, 0.05) is 6.04 Å². The molecule has 0 aromatic carbocycles. The minimum atomic E-state index is -0.0643. The van der Waals surface area contributed by atoms with Crippen LogP contribution in [0.5, 0.6) is 0 Å². The molecular formula is C17H31NO2. The minimum absolute atomic E-state index is 0.0161. The van der Waals surface area contributed by atoms with Gasteiger partial charge in [-0.2, -0.15) is 0 Å². The molecule has 3 nitrogen and oxygen atoms in total. The number of nitrogens with one attached hydrogen (secondary N) is 1. The first-order valence-electron chi connectivity index (χ1n) is 8.63. The van der Waals surface area contributed by atoms with Crippen molar-refractivity contribution in [2.45, 2.75) is 83.7 Å². The van der Waals surface area contributed by atoms with Crippen molar-refractivity contribution in [2.24, 2.45) is 11.8 Å². The van der Waals surface area contributed by atoms with Crippen LogP contribution < -0.4 is 5.32 Å². The summed E-state index contributed by atoms with van der Waals surface area (Å²) in [7, 11) is 0. The molecule has 2 aliphatic rings. The molecule has 2 fully saturated rings. The third-order valence-corrected chi connectivity index (χ3v) is 5.09. The van der Waals surface area contributed by atoms with Gasteiger partial charge >= 0.3 is 5.97 Å². The molecule has 116 valence electrons. The number of rotatable bonds is 5. The largest absolute Gasteiger partial charge is 0.465 e. The van der Waals surface area contributed by atoms with Gasteiger partial charge in [-0.15, -0.1) is 0 Å². The van der Waals surface area contributed by atoms with E-state index >= 15 is 0 Å². The summed E-state index contributed by atoms with van der Waals surface area (Å²) in [5, 5.41) is 3.65. The SMILES string of the molecule is CCOC(=O)C(NC1CCCCC1)C1CCC(C)CC1. The van der Waals surface area contributed by atoms with Gasteiger partial charge in [0.15, 0.2) is 0 Å². The maximum absolute atomic E-state index is 12.3. The summed E-state index contributed by atoms with van der Waals surface area (Å²) in [4.78, 5) is 12.3. The molecule has 0 aromatic heterocycles. The fourth-order valence-corrected chi connectivity index (χ4v) is 3.77. The summed E-state index contributed by atoms with van der Waals surface area (Å²) in [5.74, 6) is 1.29. The van der Waals surface area contributed by atoms with E-state index in [9.17, 15) is 4.79 Å². The first-order valence-corrected chi connectivity index (χ1v) is 8.63. The van der Waals surface area contributed by atoms with Crippen LogP contribution in [0.15, 0.2) is 0 Å². The molecule has 0 saturated heterocycles. The van der Waals surface area contributed by atoms with Gasteiger partial charge in [-0.3, -0.25) is 4.79 Å². The van der Waals surface area contributed by atoms with Gasteiger partial charge in [0.1, 0.15) is 6.04 Å². The predicted molar refractivity (Wildman–Crippen MR) is 81.6 cm³/mol. The van der Waals surface area contributed by atoms with Crippen LogP contribution in [0.3, 0.4) is 0 Å². The first kappa shape index (κ1) is 15.8. The Kier molecular flexibility index (Phi) is 6.34. The standard InChI is InChI=1S/C17H31NO2/c1-3-20-17(19)16(14-11-9-13(2)10-12-14)18-15-7-5-4-6-8-15/h13-16,18H,3-12H2,1-2H3. The second-order valence-electron chi connectivity index (χ2n) is 6.75. The molecule has 0 heterocycles. The van der Waals surface area contributed by atoms with E-state index in [1.165, 1.54) is 57.8 Å². The molecule has 20 heavy (non-hydrogen) atoms. The Balaban J connectivity index is 1.94. The minimum Gasteiger partial charge on any atom is -0.465 e. The average molecular weight is 281 g/mol. The van der Waals surface area contributed by atoms with E-state index in [0.717, 1.165) is 5.92 Å². The normalized spacial score (nSPS) is 29.9. The summed E-state index contributed by atoms with van der Waals surface area (Å²) in [6.45, 7) is 4.72. The number of carbonyl (C=O) groups excluding carboxylic acids is 1. The number of esters is 1. The van der Waals surface area contributed by atoms with Crippen molar-refractivity contribution < 1.29 is 9.53 Å². The number of hydrogen-bond donors (Lipinski definition) is 1. The molecule has 1 N–H and O–H groups in total. The Bertz CT molecular complexity index is 291. The highest BCUT2D eigenvalue weighted by Crippen LogP contribution is 2.31. The van der Waals surface area contributed by atoms with Crippen molar-refractivity contribution in [1.82, 2.24) is 5.32 Å². The van der Waals surface area contributed by atoms with E-state index in [1.807, 2.05) is 6.92 Å². The van der Waals surface area contributed by atoms with Crippen molar-refractivity contribution in [3.63, 3.8) is 0 Å². The van der Waals surface area contributed by atoms with E-state index in [0.29, 0.717) is 18.6 Å². The van der Waals surface area contributed by atoms with Crippen LogP contribution in [-0.4, -0.2) is 24.7 Å². The summed E-state index contributed by atoms with van der Waals surface area (Å²) in [6.07, 6.45) is 11.2. The zero-order chi connectivity index (χ0) is 14.4. The molecule has 1 unspecified atom stereocenters. The summed E-state index contributed by atoms with van der Waals surface area (Å²) >= 11 is 0. The Hall–Kier alpha value is -0.570. The lowest BCUT2D eigenvalue weighted by Crippen LogP contribution is -2.50. The molecule has 0 spiro atoms. The highest BCUT2D eigenvalue weighted by atomic mass is 16.5. The molecule has 1 atom stereocenters. The zero-order valence-corrected chi connectivity index (χ0v) is 13.2. The topological polar surface area (TPSA) is 38.3 Å². The lowest BCUT2D eigenvalue weighted by molar-refractivity contribution is -0.148. The molecule has 2 saturated carbocycles. The number of ether oxygens (including phenoxy) is 1. The second kappa shape index (κ2) is 8.02. The Morgan fingerprint density at radius 2 is 1.75 bits per heavy atom. The maximum atomic E-state index is 12.3. The Morgan fingerprint density at radius 3 is 2.35 bits per heavy atom. The molecule has 0 aromatic rings. The molecule has 0 amide bonds. The van der Waals surface area contributed by atoms with Gasteiger partial charge in [-0.25, -0.2) is 0 Å². The van der Waals surface area contributed by atoms with Crippen LogP contribution in [0.4, 0.5) is 0 Å². The van der Waals surface area contributed by atoms with Crippen LogP contribution in [-0.2, 0) is 9.53 Å². The molecule has 0 radical (unpaired) electrons. The summed E-state index contributed by atoms with van der Waals surface area (Å²) < 4.78 is 5.32. The Labute approximate surface area is 123 Å². The molecular weight excluding hydrogens is 250 g/mol. The molecule has 3 heteroatoms. The third-order valence-electron chi connectivity index (χ3n) is 5.09. The van der Waals surface area contributed by atoms with Crippen molar-refractivity contribution in [1.29, 1.82) is 0 Å². The smallest absolute Gasteiger partial charge is 0.323 e. The van der Waals surface area contributed by atoms with E-state index in [4.69, 9.17) is 4.74 Å². The fraction of sp³-hybridized carbons (Fsp3) is 0.941. The van der Waals surface area contributed by atoms with E-state index in [-0.39, 0.29) is 12.0 Å². The lowest BCUT2D eigenvalue weighted by atomic mass is 9.78. The number of hydrogen-bond acceptors (Lipinski definition) is 3. The predicted octanol–water partition coefficient (Wildman–Crippen LogP) is 3.67. The monoisotopic (exact) mass is 281 g/mol. The van der Waals surface area contributed by atoms with E-state index in [1.54, 1.807) is 0 Å². The second-order valence-corrected chi connectivity index (χ2v) is 6.75. The lowest BCUT2D eigenvalue weighted by Gasteiger charge is -2.35. The molecule has 2 aliphatic carbocycles. The van der Waals surface area contributed by atoms with Gasteiger partial charge in [0.2, 0.25) is 0 Å². The van der Waals surface area contributed by atoms with Crippen LogP contribution in [0.1, 0.15) is 71.6 Å². The summed E-state index contributed by atoms with van der Waals surface area (Å²) in [6, 6.07) is 0.461. The van der Waals surface area contributed by atoms with Crippen LogP contribution in [0, 0.1) is 11.8 Å². The third kappa shape index (κ3) is 4.47. The average Bonchev–Trinajstić information content (AvgIpc) is 2.47. The van der Waals surface area contributed by atoms with Gasteiger partial charge in [-0.1, -0.05) is 39.0 Å². The van der Waals surface area contributed by atoms with E-state index in [2.05, 4.69) is 12.2 Å². The molecule has 2 rings (SSSR count). The Morgan fingerprint density at radius 1 is 1.10 bits per heavy atom. The highest BCUT2D eigenvalue weighted by molar-refractivity contribution is 5.76. The van der Waals surface area contributed by atoms with Crippen molar-refractivity contribution in [2.75, 3.05) is 6.61 Å². The van der Waals surface area contributed by atoms with Gasteiger partial charge in [0.05, 0.1) is 6.61 Å². The first-order chi connectivity index (χ1) is 9.70. The number of carbonyl (C=O) groups is 1. The van der Waals surface area contributed by atoms with Gasteiger partial charge in [0.25, 0.3) is 0 Å². The maximum Gasteiger partial charge on any atom is 0.323 e. The van der Waals surface area contributed by atoms with Crippen molar-refractivity contribution >= 4 is 5.97 Å². The summed E-state index contributed by atoms with van der Waals surface area (Å²) in [5.41, 5.74) is 0. The van der Waals surface area contributed by atoms with Crippen LogP contribution in [0.2, 0.25) is 0 Å². The van der Waals surface area contributed by atoms with Gasteiger partial charge < -0.3 is 10.1 Å². The molecule has 0 aliphatic heterocycles. The quantitative estimate of drug-likeness (QED) is 0.781. The van der Waals surface area contributed by atoms with E-state index < -0.39 is 0 Å². The molecule has 0 bridgehead atoms. The van der Waals surface area contributed by atoms with Crippen molar-refractivity contribution in [3.05, 3.63) is 0 Å². The van der Waals surface area contributed by atoms with Gasteiger partial charge in [-0.05, 0) is 44.4 Å².